The van der Waals surface area contributed by atoms with E-state index in [9.17, 15) is 4.39 Å². The Kier molecular flexibility index (Phi) is 4.81. The van der Waals surface area contributed by atoms with Crippen LogP contribution in [-0.4, -0.2) is 5.88 Å². The van der Waals surface area contributed by atoms with Gasteiger partial charge in [0.1, 0.15) is 5.82 Å². The molecule has 1 aromatic carbocycles. The number of allylic oxidation sites excluding steroid dienone is 1. The topological polar surface area (TPSA) is 0 Å². The third-order valence-electron chi connectivity index (χ3n) is 2.20. The van der Waals surface area contributed by atoms with Gasteiger partial charge in [0.15, 0.2) is 0 Å². The van der Waals surface area contributed by atoms with Crippen LogP contribution in [0.15, 0.2) is 28.2 Å². The van der Waals surface area contributed by atoms with Gasteiger partial charge in [0.05, 0.1) is 0 Å². The molecule has 0 saturated heterocycles. The van der Waals surface area contributed by atoms with E-state index >= 15 is 0 Å². The lowest BCUT2D eigenvalue weighted by Crippen LogP contribution is -1.95. The smallest absolute Gasteiger partial charge is 0.124 e. The Labute approximate surface area is 103 Å². The number of hydrogen-bond acceptors (Lipinski definition) is 0. The van der Waals surface area contributed by atoms with Crippen LogP contribution in [0.4, 0.5) is 4.39 Å². The summed E-state index contributed by atoms with van der Waals surface area (Å²) in [5.74, 6) is 0.664. The summed E-state index contributed by atoms with van der Waals surface area (Å²) in [6.07, 6.45) is 2.00. The molecule has 0 bridgehead atoms. The van der Waals surface area contributed by atoms with Gasteiger partial charge in [-0.15, -0.1) is 11.6 Å². The van der Waals surface area contributed by atoms with Crippen molar-refractivity contribution in [3.63, 3.8) is 0 Å². The molecule has 0 unspecified atom stereocenters. The maximum absolute atomic E-state index is 12.8. The summed E-state index contributed by atoms with van der Waals surface area (Å²) in [4.78, 5) is 0. The zero-order valence-corrected chi connectivity index (χ0v) is 11.1. The normalized spacial score (nSPS) is 12.3. The van der Waals surface area contributed by atoms with E-state index < -0.39 is 0 Å². The number of rotatable bonds is 3. The van der Waals surface area contributed by atoms with Gasteiger partial charge in [-0.25, -0.2) is 4.39 Å². The molecule has 0 N–H and O–H groups in total. The maximum atomic E-state index is 12.8. The van der Waals surface area contributed by atoms with E-state index in [2.05, 4.69) is 29.8 Å². The standard InChI is InChI=1S/C12H13BrClF/c1-8(2)10(7-14)5-9-3-4-11(15)6-12(9)13/h3-6,8H,7H2,1-2H3/b10-5+. The second-order valence-electron chi connectivity index (χ2n) is 3.67. The molecule has 0 radical (unpaired) electrons. The molecule has 3 heteroatoms. The summed E-state index contributed by atoms with van der Waals surface area (Å²) in [5.41, 5.74) is 2.10. The lowest BCUT2D eigenvalue weighted by molar-refractivity contribution is 0.627. The first-order valence-corrected chi connectivity index (χ1v) is 6.09. The number of benzene rings is 1. The summed E-state index contributed by atoms with van der Waals surface area (Å²) in [5, 5.41) is 0. The highest BCUT2D eigenvalue weighted by Crippen LogP contribution is 2.23. The van der Waals surface area contributed by atoms with E-state index in [1.807, 2.05) is 6.08 Å². The van der Waals surface area contributed by atoms with Gasteiger partial charge in [0, 0.05) is 10.4 Å². The van der Waals surface area contributed by atoms with E-state index in [1.54, 1.807) is 6.07 Å². The fourth-order valence-corrected chi connectivity index (χ4v) is 2.03. The van der Waals surface area contributed by atoms with Crippen molar-refractivity contribution < 1.29 is 4.39 Å². The van der Waals surface area contributed by atoms with E-state index in [1.165, 1.54) is 12.1 Å². The monoisotopic (exact) mass is 290 g/mol. The highest BCUT2D eigenvalue weighted by atomic mass is 79.9. The van der Waals surface area contributed by atoms with Gasteiger partial charge >= 0.3 is 0 Å². The summed E-state index contributed by atoms with van der Waals surface area (Å²) in [7, 11) is 0. The van der Waals surface area contributed by atoms with Crippen molar-refractivity contribution in [2.45, 2.75) is 13.8 Å². The fourth-order valence-electron chi connectivity index (χ4n) is 1.18. The Morgan fingerprint density at radius 1 is 1.53 bits per heavy atom. The molecule has 0 aliphatic heterocycles. The number of alkyl halides is 1. The molecule has 15 heavy (non-hydrogen) atoms. The average molecular weight is 292 g/mol. The maximum Gasteiger partial charge on any atom is 0.124 e. The van der Waals surface area contributed by atoms with E-state index in [-0.39, 0.29) is 5.82 Å². The summed E-state index contributed by atoms with van der Waals surface area (Å²) >= 11 is 9.16. The first-order valence-electron chi connectivity index (χ1n) is 4.76. The SMILES string of the molecule is CC(C)/C(=C/c1ccc(F)cc1Br)CCl. The highest BCUT2D eigenvalue weighted by molar-refractivity contribution is 9.10. The predicted octanol–water partition coefficient (Wildman–Crippen LogP) is 4.87. The second kappa shape index (κ2) is 5.66. The Balaban J connectivity index is 3.06. The third-order valence-corrected chi connectivity index (χ3v) is 3.19. The van der Waals surface area contributed by atoms with Crippen molar-refractivity contribution in [3.8, 4) is 0 Å². The van der Waals surface area contributed by atoms with Crippen LogP contribution in [0.5, 0.6) is 0 Å². The minimum Gasteiger partial charge on any atom is -0.207 e. The van der Waals surface area contributed by atoms with Crippen molar-refractivity contribution in [2.75, 3.05) is 5.88 Å². The van der Waals surface area contributed by atoms with Crippen LogP contribution in [0.3, 0.4) is 0 Å². The van der Waals surface area contributed by atoms with Gasteiger partial charge in [-0.3, -0.25) is 0 Å². The summed E-state index contributed by atoms with van der Waals surface area (Å²) < 4.78 is 13.6. The van der Waals surface area contributed by atoms with Gasteiger partial charge in [0.25, 0.3) is 0 Å². The minimum atomic E-state index is -0.240. The van der Waals surface area contributed by atoms with E-state index in [0.717, 1.165) is 15.6 Å². The lowest BCUT2D eigenvalue weighted by Gasteiger charge is -2.08. The molecule has 0 aliphatic rings. The highest BCUT2D eigenvalue weighted by Gasteiger charge is 2.04. The molecule has 0 saturated carbocycles. The molecule has 0 aromatic heterocycles. The van der Waals surface area contributed by atoms with Gasteiger partial charge in [0.2, 0.25) is 0 Å². The van der Waals surface area contributed by atoms with Crippen molar-refractivity contribution in [3.05, 3.63) is 39.6 Å². The molecule has 0 atom stereocenters. The largest absolute Gasteiger partial charge is 0.207 e. The molecule has 0 aliphatic carbocycles. The zero-order chi connectivity index (χ0) is 11.4. The Morgan fingerprint density at radius 3 is 2.67 bits per heavy atom. The van der Waals surface area contributed by atoms with Gasteiger partial charge in [-0.2, -0.15) is 0 Å². The molecular formula is C12H13BrClF. The summed E-state index contributed by atoms with van der Waals surface area (Å²) in [6.45, 7) is 4.18. The van der Waals surface area contributed by atoms with E-state index in [0.29, 0.717) is 11.8 Å². The average Bonchev–Trinajstić information content (AvgIpc) is 2.16. The van der Waals surface area contributed by atoms with Gasteiger partial charge in [-0.1, -0.05) is 47.5 Å². The fraction of sp³-hybridized carbons (Fsp3) is 0.333. The van der Waals surface area contributed by atoms with Crippen LogP contribution in [0, 0.1) is 11.7 Å². The van der Waals surface area contributed by atoms with Crippen molar-refractivity contribution in [1.82, 2.24) is 0 Å². The predicted molar refractivity (Wildman–Crippen MR) is 67.6 cm³/mol. The van der Waals surface area contributed by atoms with Gasteiger partial charge in [-0.05, 0) is 23.6 Å². The third kappa shape index (κ3) is 3.62. The number of halogens is 3. The molecule has 0 fully saturated rings. The Hall–Kier alpha value is -0.340. The lowest BCUT2D eigenvalue weighted by atomic mass is 10.0. The van der Waals surface area contributed by atoms with Crippen LogP contribution in [0.25, 0.3) is 6.08 Å². The van der Waals surface area contributed by atoms with Crippen LogP contribution < -0.4 is 0 Å². The van der Waals surface area contributed by atoms with Crippen LogP contribution in [-0.2, 0) is 0 Å². The zero-order valence-electron chi connectivity index (χ0n) is 8.73. The van der Waals surface area contributed by atoms with Crippen LogP contribution in [0.2, 0.25) is 0 Å². The minimum absolute atomic E-state index is 0.240. The first-order chi connectivity index (χ1) is 7.04. The molecular weight excluding hydrogens is 278 g/mol. The Morgan fingerprint density at radius 2 is 2.20 bits per heavy atom. The quantitative estimate of drug-likeness (QED) is 0.697. The van der Waals surface area contributed by atoms with Crippen molar-refractivity contribution >= 4 is 33.6 Å². The van der Waals surface area contributed by atoms with Gasteiger partial charge < -0.3 is 0 Å². The van der Waals surface area contributed by atoms with Crippen molar-refractivity contribution in [2.24, 2.45) is 5.92 Å². The van der Waals surface area contributed by atoms with Crippen molar-refractivity contribution in [1.29, 1.82) is 0 Å². The first kappa shape index (κ1) is 12.7. The van der Waals surface area contributed by atoms with Crippen LogP contribution >= 0.6 is 27.5 Å². The molecule has 1 rings (SSSR count). The molecule has 0 spiro atoms. The molecule has 82 valence electrons. The second-order valence-corrected chi connectivity index (χ2v) is 4.80. The molecule has 0 heterocycles. The van der Waals surface area contributed by atoms with Crippen LogP contribution in [0.1, 0.15) is 19.4 Å². The summed E-state index contributed by atoms with van der Waals surface area (Å²) in [6, 6.07) is 4.65. The molecule has 0 nitrogen and oxygen atoms in total. The molecule has 1 aromatic rings. The number of hydrogen-bond donors (Lipinski definition) is 0. The van der Waals surface area contributed by atoms with E-state index in [4.69, 9.17) is 11.6 Å². The molecule has 0 amide bonds. The Bertz CT molecular complexity index is 372.